The molecule has 3 aromatic rings. The van der Waals surface area contributed by atoms with Gasteiger partial charge >= 0.3 is 0 Å². The largest absolute Gasteiger partial charge is 0.294 e. The van der Waals surface area contributed by atoms with Crippen molar-refractivity contribution in [1.29, 1.82) is 0 Å². The van der Waals surface area contributed by atoms with Crippen LogP contribution in [0.1, 0.15) is 15.4 Å². The second kappa shape index (κ2) is 7.51. The number of halogens is 1. The number of benzene rings is 2. The molecule has 0 saturated heterocycles. The van der Waals surface area contributed by atoms with Gasteiger partial charge in [0, 0.05) is 16.7 Å². The maximum Gasteiger partial charge on any atom is 0.294 e. The van der Waals surface area contributed by atoms with Crippen molar-refractivity contribution < 1.29 is 9.72 Å². The maximum atomic E-state index is 12.4. The fourth-order valence-electron chi connectivity index (χ4n) is 2.27. The van der Waals surface area contributed by atoms with Crippen LogP contribution in [-0.4, -0.2) is 15.8 Å². The summed E-state index contributed by atoms with van der Waals surface area (Å²) >= 11 is 7.21. The molecule has 0 bridgehead atoms. The molecule has 0 spiro atoms. The average molecular weight is 389 g/mol. The number of nitrogens with one attached hydrogen (secondary N) is 2. The highest BCUT2D eigenvalue weighted by atomic mass is 35.5. The molecule has 0 aliphatic carbocycles. The van der Waals surface area contributed by atoms with Crippen molar-refractivity contribution in [2.24, 2.45) is 0 Å². The van der Waals surface area contributed by atoms with E-state index in [0.29, 0.717) is 20.6 Å². The molecule has 0 atom stereocenters. The predicted molar refractivity (Wildman–Crippen MR) is 101 cm³/mol. The number of aryl methyl sites for hydroxylation is 1. The molecule has 3 rings (SSSR count). The predicted octanol–water partition coefficient (Wildman–Crippen LogP) is 4.44. The Hall–Kier alpha value is -2.97. The fourth-order valence-corrected chi connectivity index (χ4v) is 3.42. The Morgan fingerprint density at radius 3 is 2.73 bits per heavy atom. The molecule has 7 nitrogen and oxygen atoms in total. The number of hydrogen-bond donors (Lipinski definition) is 2. The fraction of sp³-hybridized carbons (Fsp3) is 0.0588. The zero-order chi connectivity index (χ0) is 18.7. The summed E-state index contributed by atoms with van der Waals surface area (Å²) in [6.07, 6.45) is 0. The third kappa shape index (κ3) is 3.81. The van der Waals surface area contributed by atoms with Gasteiger partial charge in [-0.1, -0.05) is 35.9 Å². The number of thiazole rings is 1. The first-order valence-corrected chi connectivity index (χ1v) is 8.68. The molecule has 1 amide bonds. The number of para-hydroxylation sites is 2. The molecule has 0 aliphatic rings. The number of amides is 1. The second-order valence-electron chi connectivity index (χ2n) is 5.30. The van der Waals surface area contributed by atoms with Crippen LogP contribution in [0.3, 0.4) is 0 Å². The van der Waals surface area contributed by atoms with Crippen LogP contribution >= 0.6 is 22.9 Å². The van der Waals surface area contributed by atoms with Crippen molar-refractivity contribution in [2.75, 3.05) is 5.43 Å². The molecule has 0 aliphatic heterocycles. The van der Waals surface area contributed by atoms with Crippen molar-refractivity contribution >= 4 is 40.2 Å². The van der Waals surface area contributed by atoms with Crippen molar-refractivity contribution in [1.82, 2.24) is 10.4 Å². The highest BCUT2D eigenvalue weighted by Gasteiger charge is 2.18. The average Bonchev–Trinajstić information content (AvgIpc) is 3.02. The molecule has 2 aromatic carbocycles. The van der Waals surface area contributed by atoms with Gasteiger partial charge in [0.05, 0.1) is 10.6 Å². The Bertz CT molecular complexity index is 990. The molecule has 0 radical (unpaired) electrons. The first kappa shape index (κ1) is 17.8. The minimum absolute atomic E-state index is 0.131. The molecule has 0 fully saturated rings. The topological polar surface area (TPSA) is 97.2 Å². The molecule has 26 heavy (non-hydrogen) atoms. The molecule has 0 unspecified atom stereocenters. The number of hydrazine groups is 1. The van der Waals surface area contributed by atoms with Gasteiger partial charge in [0.15, 0.2) is 0 Å². The summed E-state index contributed by atoms with van der Waals surface area (Å²) in [6.45, 7) is 1.73. The number of nitro benzene ring substituents is 1. The highest BCUT2D eigenvalue weighted by molar-refractivity contribution is 7.17. The van der Waals surface area contributed by atoms with Gasteiger partial charge in [-0.05, 0) is 25.1 Å². The van der Waals surface area contributed by atoms with Gasteiger partial charge in [0.25, 0.3) is 11.6 Å². The molecular formula is C17H13ClN4O3S. The molecule has 2 N–H and O–H groups in total. The lowest BCUT2D eigenvalue weighted by atomic mass is 10.2. The van der Waals surface area contributed by atoms with Crippen molar-refractivity contribution in [2.45, 2.75) is 6.92 Å². The maximum absolute atomic E-state index is 12.4. The van der Waals surface area contributed by atoms with Crippen molar-refractivity contribution in [3.63, 3.8) is 0 Å². The van der Waals surface area contributed by atoms with Gasteiger partial charge in [0.2, 0.25) is 0 Å². The number of hydrogen-bond acceptors (Lipinski definition) is 6. The summed E-state index contributed by atoms with van der Waals surface area (Å²) in [7, 11) is 0. The number of nitrogens with zero attached hydrogens (tertiary/aromatic N) is 2. The normalized spacial score (nSPS) is 10.4. The summed E-state index contributed by atoms with van der Waals surface area (Å²) in [5, 5.41) is 12.3. The van der Waals surface area contributed by atoms with Gasteiger partial charge in [-0.3, -0.25) is 25.8 Å². The van der Waals surface area contributed by atoms with E-state index in [-0.39, 0.29) is 11.4 Å². The number of carbonyl (C=O) groups is 1. The van der Waals surface area contributed by atoms with Crippen LogP contribution < -0.4 is 10.9 Å². The summed E-state index contributed by atoms with van der Waals surface area (Å²) in [6, 6.07) is 13.2. The van der Waals surface area contributed by atoms with Crippen LogP contribution in [-0.2, 0) is 0 Å². The second-order valence-corrected chi connectivity index (χ2v) is 6.73. The van der Waals surface area contributed by atoms with E-state index < -0.39 is 10.8 Å². The van der Waals surface area contributed by atoms with Gasteiger partial charge in [-0.15, -0.1) is 11.3 Å². The van der Waals surface area contributed by atoms with E-state index in [9.17, 15) is 14.9 Å². The minimum atomic E-state index is -0.524. The van der Waals surface area contributed by atoms with E-state index in [1.807, 2.05) is 12.1 Å². The molecule has 0 saturated carbocycles. The number of aromatic nitrogens is 1. The van der Waals surface area contributed by atoms with Crippen LogP contribution in [0.25, 0.3) is 10.6 Å². The number of nitro groups is 1. The van der Waals surface area contributed by atoms with E-state index in [0.717, 1.165) is 5.56 Å². The number of carbonyl (C=O) groups excluding carboxylic acids is 1. The van der Waals surface area contributed by atoms with Gasteiger partial charge < -0.3 is 0 Å². The summed E-state index contributed by atoms with van der Waals surface area (Å²) in [4.78, 5) is 27.7. The van der Waals surface area contributed by atoms with Crippen LogP contribution in [0.5, 0.6) is 0 Å². The van der Waals surface area contributed by atoms with Crippen LogP contribution in [0.4, 0.5) is 11.4 Å². The Morgan fingerprint density at radius 1 is 1.23 bits per heavy atom. The third-order valence-electron chi connectivity index (χ3n) is 3.49. The lowest BCUT2D eigenvalue weighted by Crippen LogP contribution is -2.29. The van der Waals surface area contributed by atoms with Crippen LogP contribution in [0, 0.1) is 17.0 Å². The number of anilines is 1. The Labute approximate surface area is 157 Å². The molecule has 132 valence electrons. The lowest BCUT2D eigenvalue weighted by molar-refractivity contribution is -0.384. The summed E-state index contributed by atoms with van der Waals surface area (Å²) in [5.41, 5.74) is 6.52. The standard InChI is InChI=1S/C17H13ClN4O3S/c1-10-15(26-17(19-10)11-5-4-6-12(18)9-11)16(23)21-20-13-7-2-3-8-14(13)22(24)25/h2-9,20H,1H3,(H,21,23). The summed E-state index contributed by atoms with van der Waals surface area (Å²) in [5.74, 6) is -0.425. The minimum Gasteiger partial charge on any atom is -0.292 e. The molecular weight excluding hydrogens is 376 g/mol. The molecule has 1 heterocycles. The van der Waals surface area contributed by atoms with Crippen molar-refractivity contribution in [3.05, 3.63) is 74.2 Å². The first-order valence-electron chi connectivity index (χ1n) is 7.49. The van der Waals surface area contributed by atoms with Gasteiger partial charge in [-0.25, -0.2) is 4.98 Å². The first-order chi connectivity index (χ1) is 12.5. The smallest absolute Gasteiger partial charge is 0.292 e. The van der Waals surface area contributed by atoms with Crippen LogP contribution in [0.2, 0.25) is 5.02 Å². The SMILES string of the molecule is Cc1nc(-c2cccc(Cl)c2)sc1C(=O)NNc1ccccc1[N+](=O)[O-]. The van der Waals surface area contributed by atoms with E-state index in [1.165, 1.54) is 23.5 Å². The Morgan fingerprint density at radius 2 is 2.00 bits per heavy atom. The molecule has 1 aromatic heterocycles. The highest BCUT2D eigenvalue weighted by Crippen LogP contribution is 2.29. The van der Waals surface area contributed by atoms with E-state index >= 15 is 0 Å². The van der Waals surface area contributed by atoms with Crippen LogP contribution in [0.15, 0.2) is 48.5 Å². The third-order valence-corrected chi connectivity index (χ3v) is 4.93. The Kier molecular flexibility index (Phi) is 5.15. The van der Waals surface area contributed by atoms with E-state index in [4.69, 9.17) is 11.6 Å². The summed E-state index contributed by atoms with van der Waals surface area (Å²) < 4.78 is 0. The zero-order valence-electron chi connectivity index (χ0n) is 13.5. The monoisotopic (exact) mass is 388 g/mol. The number of rotatable bonds is 5. The van der Waals surface area contributed by atoms with Gasteiger partial charge in [-0.2, -0.15) is 0 Å². The van der Waals surface area contributed by atoms with E-state index in [2.05, 4.69) is 15.8 Å². The lowest BCUT2D eigenvalue weighted by Gasteiger charge is -2.07. The molecule has 9 heteroatoms. The Balaban J connectivity index is 1.78. The zero-order valence-corrected chi connectivity index (χ0v) is 15.1. The van der Waals surface area contributed by atoms with Gasteiger partial charge in [0.1, 0.15) is 15.6 Å². The quantitative estimate of drug-likeness (QED) is 0.497. The van der Waals surface area contributed by atoms with Crippen molar-refractivity contribution in [3.8, 4) is 10.6 Å². The van der Waals surface area contributed by atoms with E-state index in [1.54, 1.807) is 31.2 Å².